The zero-order valence-electron chi connectivity index (χ0n) is 15.7. The molecule has 1 N–H and O–H groups in total. The molecule has 2 unspecified atom stereocenters. The first-order chi connectivity index (χ1) is 13.1. The van der Waals surface area contributed by atoms with Gasteiger partial charge in [0.05, 0.1) is 6.42 Å². The van der Waals surface area contributed by atoms with Gasteiger partial charge >= 0.3 is 0 Å². The van der Waals surface area contributed by atoms with Crippen molar-refractivity contribution in [3.05, 3.63) is 35.6 Å². The predicted octanol–water partition coefficient (Wildman–Crippen LogP) is 1.96. The van der Waals surface area contributed by atoms with Crippen LogP contribution in [0.3, 0.4) is 0 Å². The molecule has 5 nitrogen and oxygen atoms in total. The standard InChI is InChI=1S/C21H28FN3O2/c22-19-4-2-1-3-16(19)14-21(27)25-9-7-24(8-10-25)20(26)13-15-11-17-5-6-18(12-15)23-17/h1-4,15,17-18,23H,5-14H2. The number of fused-ring (bicyclic) bond motifs is 2. The third kappa shape index (κ3) is 4.32. The van der Waals surface area contributed by atoms with Crippen molar-refractivity contribution < 1.29 is 14.0 Å². The van der Waals surface area contributed by atoms with Crippen LogP contribution in [0.25, 0.3) is 0 Å². The van der Waals surface area contributed by atoms with Crippen LogP contribution in [0.5, 0.6) is 0 Å². The minimum atomic E-state index is -0.337. The summed E-state index contributed by atoms with van der Waals surface area (Å²) in [7, 11) is 0. The summed E-state index contributed by atoms with van der Waals surface area (Å²) in [5.41, 5.74) is 0.432. The number of benzene rings is 1. The number of hydrogen-bond donors (Lipinski definition) is 1. The van der Waals surface area contributed by atoms with Gasteiger partial charge in [0.2, 0.25) is 11.8 Å². The first-order valence-corrected chi connectivity index (χ1v) is 10.1. The number of rotatable bonds is 4. The normalized spacial score (nSPS) is 27.7. The molecule has 1 aromatic rings. The van der Waals surface area contributed by atoms with E-state index in [-0.39, 0.29) is 24.1 Å². The lowest BCUT2D eigenvalue weighted by molar-refractivity contribution is -0.140. The molecule has 3 saturated heterocycles. The molecule has 2 bridgehead atoms. The number of piperazine rings is 1. The van der Waals surface area contributed by atoms with Gasteiger partial charge in [-0.05, 0) is 43.2 Å². The van der Waals surface area contributed by atoms with Crippen molar-refractivity contribution in [3.8, 4) is 0 Å². The number of carbonyl (C=O) groups excluding carboxylic acids is 2. The molecule has 3 fully saturated rings. The molecule has 3 aliphatic heterocycles. The third-order valence-corrected chi connectivity index (χ3v) is 6.32. The topological polar surface area (TPSA) is 52.7 Å². The summed E-state index contributed by atoms with van der Waals surface area (Å²) >= 11 is 0. The lowest BCUT2D eigenvalue weighted by Gasteiger charge is -2.36. The van der Waals surface area contributed by atoms with Crippen LogP contribution in [-0.4, -0.2) is 59.9 Å². The molecule has 2 atom stereocenters. The number of carbonyl (C=O) groups is 2. The second kappa shape index (κ2) is 7.97. The Kier molecular flexibility index (Phi) is 5.43. The monoisotopic (exact) mass is 373 g/mol. The highest BCUT2D eigenvalue weighted by molar-refractivity contribution is 5.80. The SMILES string of the molecule is O=C(Cc1ccccc1F)N1CCN(C(=O)CC2CC3CCC(C2)N3)CC1. The van der Waals surface area contributed by atoms with E-state index in [4.69, 9.17) is 0 Å². The van der Waals surface area contributed by atoms with Gasteiger partial charge in [0.25, 0.3) is 0 Å². The Bertz CT molecular complexity index is 690. The fraction of sp³-hybridized carbons (Fsp3) is 0.619. The number of amides is 2. The predicted molar refractivity (Wildman–Crippen MR) is 101 cm³/mol. The molecule has 0 radical (unpaired) electrons. The fourth-order valence-electron chi connectivity index (χ4n) is 4.84. The Labute approximate surface area is 159 Å². The Morgan fingerprint density at radius 2 is 1.56 bits per heavy atom. The highest BCUT2D eigenvalue weighted by atomic mass is 19.1. The lowest BCUT2D eigenvalue weighted by Crippen LogP contribution is -2.51. The Morgan fingerprint density at radius 3 is 2.19 bits per heavy atom. The van der Waals surface area contributed by atoms with Gasteiger partial charge in [0.15, 0.2) is 0 Å². The van der Waals surface area contributed by atoms with E-state index in [1.165, 1.54) is 18.9 Å². The Balaban J connectivity index is 1.24. The van der Waals surface area contributed by atoms with Gasteiger partial charge in [-0.25, -0.2) is 4.39 Å². The summed E-state index contributed by atoms with van der Waals surface area (Å²) in [4.78, 5) is 28.8. The molecule has 1 aromatic carbocycles. The van der Waals surface area contributed by atoms with Crippen molar-refractivity contribution in [2.75, 3.05) is 26.2 Å². The maximum absolute atomic E-state index is 13.7. The summed E-state index contributed by atoms with van der Waals surface area (Å²) in [5, 5.41) is 3.62. The van der Waals surface area contributed by atoms with Crippen LogP contribution in [0.2, 0.25) is 0 Å². The summed E-state index contributed by atoms with van der Waals surface area (Å²) in [5.74, 6) is 0.317. The third-order valence-electron chi connectivity index (χ3n) is 6.32. The Morgan fingerprint density at radius 1 is 0.963 bits per heavy atom. The molecule has 6 heteroatoms. The first kappa shape index (κ1) is 18.4. The molecule has 0 spiro atoms. The van der Waals surface area contributed by atoms with Crippen LogP contribution in [0.15, 0.2) is 24.3 Å². The van der Waals surface area contributed by atoms with E-state index in [9.17, 15) is 14.0 Å². The molecule has 0 aromatic heterocycles. The molecule has 0 saturated carbocycles. The molecule has 3 aliphatic rings. The summed E-state index contributed by atoms with van der Waals surface area (Å²) in [6.07, 6.45) is 5.44. The van der Waals surface area contributed by atoms with Crippen LogP contribution in [0, 0.1) is 11.7 Å². The molecule has 4 rings (SSSR count). The molecule has 0 aliphatic carbocycles. The van der Waals surface area contributed by atoms with Crippen molar-refractivity contribution >= 4 is 11.8 Å². The van der Waals surface area contributed by atoms with E-state index in [0.29, 0.717) is 56.2 Å². The zero-order valence-corrected chi connectivity index (χ0v) is 15.7. The average Bonchev–Trinajstić information content (AvgIpc) is 3.02. The van der Waals surface area contributed by atoms with Crippen molar-refractivity contribution in [1.29, 1.82) is 0 Å². The van der Waals surface area contributed by atoms with E-state index >= 15 is 0 Å². The van der Waals surface area contributed by atoms with Gasteiger partial charge in [0.1, 0.15) is 5.82 Å². The van der Waals surface area contributed by atoms with Gasteiger partial charge in [-0.3, -0.25) is 9.59 Å². The summed E-state index contributed by atoms with van der Waals surface area (Å²) < 4.78 is 13.7. The first-order valence-electron chi connectivity index (χ1n) is 10.1. The minimum Gasteiger partial charge on any atom is -0.339 e. The summed E-state index contributed by atoms with van der Waals surface area (Å²) in [6, 6.07) is 7.62. The van der Waals surface area contributed by atoms with Crippen molar-refractivity contribution in [3.63, 3.8) is 0 Å². The van der Waals surface area contributed by atoms with Gasteiger partial charge in [0, 0.05) is 44.7 Å². The highest BCUT2D eigenvalue weighted by Gasteiger charge is 2.35. The Hall–Kier alpha value is -1.95. The number of nitrogens with one attached hydrogen (secondary N) is 1. The van der Waals surface area contributed by atoms with Gasteiger partial charge in [-0.2, -0.15) is 0 Å². The highest BCUT2D eigenvalue weighted by Crippen LogP contribution is 2.33. The second-order valence-electron chi connectivity index (χ2n) is 8.21. The maximum atomic E-state index is 13.7. The number of piperidine rings is 1. The van der Waals surface area contributed by atoms with E-state index in [1.807, 2.05) is 4.90 Å². The van der Waals surface area contributed by atoms with Crippen LogP contribution in [-0.2, 0) is 16.0 Å². The van der Waals surface area contributed by atoms with Gasteiger partial charge in [-0.1, -0.05) is 18.2 Å². The molecule has 2 amide bonds. The number of hydrogen-bond acceptors (Lipinski definition) is 3. The molecule has 146 valence electrons. The average molecular weight is 373 g/mol. The number of halogens is 1. The second-order valence-corrected chi connectivity index (χ2v) is 8.21. The van der Waals surface area contributed by atoms with E-state index in [2.05, 4.69) is 5.32 Å². The quantitative estimate of drug-likeness (QED) is 0.878. The lowest BCUT2D eigenvalue weighted by atomic mass is 9.89. The molecule has 3 heterocycles. The largest absolute Gasteiger partial charge is 0.339 e. The van der Waals surface area contributed by atoms with E-state index in [1.54, 1.807) is 23.1 Å². The van der Waals surface area contributed by atoms with Gasteiger partial charge < -0.3 is 15.1 Å². The van der Waals surface area contributed by atoms with E-state index in [0.717, 1.165) is 12.8 Å². The van der Waals surface area contributed by atoms with Crippen LogP contribution in [0.1, 0.15) is 37.7 Å². The van der Waals surface area contributed by atoms with Crippen LogP contribution in [0.4, 0.5) is 4.39 Å². The molecular weight excluding hydrogens is 345 g/mol. The van der Waals surface area contributed by atoms with Crippen LogP contribution >= 0.6 is 0 Å². The van der Waals surface area contributed by atoms with Crippen molar-refractivity contribution in [1.82, 2.24) is 15.1 Å². The fourth-order valence-corrected chi connectivity index (χ4v) is 4.84. The van der Waals surface area contributed by atoms with Crippen molar-refractivity contribution in [2.24, 2.45) is 5.92 Å². The smallest absolute Gasteiger partial charge is 0.227 e. The zero-order chi connectivity index (χ0) is 18.8. The minimum absolute atomic E-state index is 0.0675. The molecule has 27 heavy (non-hydrogen) atoms. The van der Waals surface area contributed by atoms with Crippen LogP contribution < -0.4 is 5.32 Å². The van der Waals surface area contributed by atoms with Crippen molar-refractivity contribution in [2.45, 2.75) is 50.6 Å². The number of nitrogens with zero attached hydrogens (tertiary/aromatic N) is 2. The maximum Gasteiger partial charge on any atom is 0.227 e. The molecular formula is C21H28FN3O2. The van der Waals surface area contributed by atoms with E-state index < -0.39 is 0 Å². The summed E-state index contributed by atoms with van der Waals surface area (Å²) in [6.45, 7) is 2.24. The van der Waals surface area contributed by atoms with Gasteiger partial charge in [-0.15, -0.1) is 0 Å².